The molecule has 0 amide bonds. The molecule has 3 unspecified atom stereocenters. The summed E-state index contributed by atoms with van der Waals surface area (Å²) in [7, 11) is 4.80. The van der Waals surface area contributed by atoms with E-state index < -0.39 is 0 Å². The van der Waals surface area contributed by atoms with E-state index in [1.54, 1.807) is 172 Å². The second-order valence-corrected chi connectivity index (χ2v) is 22.3. The van der Waals surface area contributed by atoms with E-state index in [9.17, 15) is 0 Å². The minimum absolute atomic E-state index is 0. The van der Waals surface area contributed by atoms with Gasteiger partial charge in [-0.25, -0.2) is 0 Å². The molecule has 0 aromatic heterocycles. The molecule has 0 heterocycles. The van der Waals surface area contributed by atoms with Gasteiger partial charge in [0.1, 0.15) is 0 Å². The minimum Gasteiger partial charge on any atom is 0 e. The van der Waals surface area contributed by atoms with Crippen molar-refractivity contribution >= 4 is 26.0 Å². The van der Waals surface area contributed by atoms with Crippen LogP contribution in [0.25, 0.3) is 0 Å². The number of nitriles is 1. The van der Waals surface area contributed by atoms with Gasteiger partial charge in [0, 0.05) is 17.1 Å². The van der Waals surface area contributed by atoms with Crippen LogP contribution in [0.1, 0.15) is 192 Å². The zero-order chi connectivity index (χ0) is 33.8. The summed E-state index contributed by atoms with van der Waals surface area (Å²) in [4.78, 5) is 0. The van der Waals surface area contributed by atoms with E-state index in [2.05, 4.69) is 37.8 Å². The van der Waals surface area contributed by atoms with Gasteiger partial charge >= 0.3 is 24.8 Å². The third-order valence-electron chi connectivity index (χ3n) is 13.1. The van der Waals surface area contributed by atoms with Gasteiger partial charge in [-0.2, -0.15) is 35.6 Å². The predicted molar refractivity (Wildman–Crippen MR) is 211 cm³/mol. The SMILES string of the molecule is C1CCCC1.CC(C1CCCC1P(C1CCCCC1)C1CCCCC1)P(C1CCCCC1)C1CCCCC1.N#Cc1cc[c-]cc1.[Cl][Ni].[Fe]. The molecule has 3 atom stereocenters. The molecule has 1 aromatic carbocycles. The molecule has 7 rings (SSSR count). The first-order valence-corrected chi connectivity index (χ1v) is 25.2. The van der Waals surface area contributed by atoms with Crippen molar-refractivity contribution < 1.29 is 31.6 Å². The van der Waals surface area contributed by atoms with E-state index in [4.69, 9.17) is 5.26 Å². The molecule has 1 nitrogen and oxygen atoms in total. The third-order valence-corrected chi connectivity index (χ3v) is 21.3. The van der Waals surface area contributed by atoms with Gasteiger partial charge in [0.25, 0.3) is 0 Å². The first-order valence-electron chi connectivity index (χ1n) is 20.8. The molecule has 6 saturated carbocycles. The fraction of sp³-hybridized carbons (Fsp3) is 0.837. The van der Waals surface area contributed by atoms with Gasteiger partial charge in [0.15, 0.2) is 0 Å². The van der Waals surface area contributed by atoms with E-state index in [0.717, 1.165) is 22.9 Å². The van der Waals surface area contributed by atoms with Gasteiger partial charge < -0.3 is 0 Å². The monoisotopic (exact) mass is 811 g/mol. The van der Waals surface area contributed by atoms with Gasteiger partial charge in [0.2, 0.25) is 0 Å². The van der Waals surface area contributed by atoms with Crippen LogP contribution in [-0.4, -0.2) is 34.0 Å². The van der Waals surface area contributed by atoms with Crippen molar-refractivity contribution in [3.63, 3.8) is 0 Å². The Hall–Kier alpha value is 0.873. The number of hydrogen-bond acceptors (Lipinski definition) is 1. The summed E-state index contributed by atoms with van der Waals surface area (Å²) < 4.78 is 0. The van der Waals surface area contributed by atoms with E-state index in [1.165, 1.54) is 49.1 Å². The van der Waals surface area contributed by atoms with Crippen molar-refractivity contribution in [1.82, 2.24) is 0 Å². The summed E-state index contributed by atoms with van der Waals surface area (Å²) >= 11 is 3.35. The van der Waals surface area contributed by atoms with Crippen molar-refractivity contribution in [3.05, 3.63) is 35.9 Å². The van der Waals surface area contributed by atoms with Crippen LogP contribution in [-0.2, 0) is 31.6 Å². The van der Waals surface area contributed by atoms with Crippen molar-refractivity contribution in [1.29, 1.82) is 5.26 Å². The minimum atomic E-state index is 0. The largest absolute Gasteiger partial charge is 0 e. The molecule has 6 fully saturated rings. The number of halogens is 1. The first kappa shape index (κ1) is 44.3. The maximum Gasteiger partial charge on any atom is 0 e. The summed E-state index contributed by atoms with van der Waals surface area (Å²) in [6, 6.07) is 11.7. The van der Waals surface area contributed by atoms with Crippen LogP contribution in [0, 0.1) is 23.3 Å². The molecule has 6 aliphatic carbocycles. The van der Waals surface area contributed by atoms with Crippen LogP contribution in [0.2, 0.25) is 0 Å². The molecule has 0 aliphatic heterocycles. The van der Waals surface area contributed by atoms with Gasteiger partial charge in [0.05, 0.1) is 6.07 Å². The normalized spacial score (nSPS) is 26.2. The molecule has 0 N–H and O–H groups in total. The maximum atomic E-state index is 8.27. The molecule has 49 heavy (non-hydrogen) atoms. The summed E-state index contributed by atoms with van der Waals surface area (Å²) in [5, 5.41) is 8.27. The Labute approximate surface area is 329 Å². The van der Waals surface area contributed by atoms with Crippen LogP contribution >= 0.6 is 26.0 Å². The average Bonchev–Trinajstić information content (AvgIpc) is 3.92. The van der Waals surface area contributed by atoms with Crippen molar-refractivity contribution in [2.75, 3.05) is 0 Å². The summed E-state index contributed by atoms with van der Waals surface area (Å²) in [5.74, 6) is 1.13. The van der Waals surface area contributed by atoms with Crippen LogP contribution in [0.4, 0.5) is 0 Å². The van der Waals surface area contributed by atoms with Crippen LogP contribution in [0.5, 0.6) is 0 Å². The number of nitrogens with zero attached hydrogens (tertiary/aromatic N) is 1. The molecular formula is C43H70ClFeNNiP2-. The molecule has 0 bridgehead atoms. The fourth-order valence-electron chi connectivity index (χ4n) is 10.8. The Morgan fingerprint density at radius 3 is 1.33 bits per heavy atom. The van der Waals surface area contributed by atoms with Gasteiger partial charge in [-0.05, 0) is 104 Å². The van der Waals surface area contributed by atoms with Crippen LogP contribution in [0.3, 0.4) is 0 Å². The molecule has 1 aromatic rings. The number of rotatable bonds is 7. The van der Waals surface area contributed by atoms with E-state index in [0.29, 0.717) is 5.56 Å². The molecule has 0 saturated heterocycles. The van der Waals surface area contributed by atoms with Crippen molar-refractivity contribution in [3.8, 4) is 6.07 Å². The summed E-state index contributed by atoms with van der Waals surface area (Å²) in [5.41, 5.74) is 7.61. The molecule has 6 heteroatoms. The Kier molecular flexibility index (Phi) is 24.0. The smallest absolute Gasteiger partial charge is 0 e. The van der Waals surface area contributed by atoms with E-state index in [-0.39, 0.29) is 32.9 Å². The Morgan fingerprint density at radius 2 is 0.959 bits per heavy atom. The summed E-state index contributed by atoms with van der Waals surface area (Å²) in [6.07, 6.45) is 44.0. The second kappa shape index (κ2) is 26.6. The van der Waals surface area contributed by atoms with E-state index >= 15 is 0 Å². The standard InChI is InChI=1S/C31H56P2.C7H4N.C5H10.ClH.Fe.Ni/c1-25(32(26-15-6-2-7-16-26)27-17-8-3-9-18-27)30-23-14-24-31(30)33(28-19-10-4-11-20-28)29-21-12-5-13-22-29;8-6-7-4-2-1-3-5-7;1-2-4-5-3-1;;;/h25-31H,2-24H2,1H3;2-5H;1-5H2;1H;;/q;-1;;;;+1/p-1. The Morgan fingerprint density at radius 1 is 0.592 bits per heavy atom. The van der Waals surface area contributed by atoms with Crippen molar-refractivity contribution in [2.45, 2.75) is 221 Å². The zero-order valence-electron chi connectivity index (χ0n) is 31.0. The molecule has 0 radical (unpaired) electrons. The fourth-order valence-corrected chi connectivity index (χ4v) is 20.5. The predicted octanol–water partition coefficient (Wildman–Crippen LogP) is 14.8. The van der Waals surface area contributed by atoms with Gasteiger partial charge in [-0.3, -0.25) is 0 Å². The van der Waals surface area contributed by atoms with Crippen LogP contribution < -0.4 is 0 Å². The molecule has 283 valence electrons. The first-order chi connectivity index (χ1) is 23.8. The quantitative estimate of drug-likeness (QED) is 0.153. The number of benzene rings is 1. The number of hydrogen-bond donors (Lipinski definition) is 0. The van der Waals surface area contributed by atoms with Gasteiger partial charge in [-0.1, -0.05) is 144 Å². The summed E-state index contributed by atoms with van der Waals surface area (Å²) in [6.45, 7) is 2.85. The molecule has 0 spiro atoms. The Balaban J connectivity index is 0.000000337. The second-order valence-electron chi connectivity index (χ2n) is 16.1. The molecular weight excluding hydrogens is 742 g/mol. The topological polar surface area (TPSA) is 23.8 Å². The Bertz CT molecular complexity index is 938. The average molecular weight is 813 g/mol. The third kappa shape index (κ3) is 14.6. The molecule has 6 aliphatic rings. The van der Waals surface area contributed by atoms with E-state index in [1.807, 2.05) is 6.07 Å². The van der Waals surface area contributed by atoms with Gasteiger partial charge in [-0.15, -0.1) is 0 Å². The van der Waals surface area contributed by atoms with Crippen molar-refractivity contribution in [2.24, 2.45) is 5.92 Å². The maximum absolute atomic E-state index is 8.27. The van der Waals surface area contributed by atoms with Crippen LogP contribution in [0.15, 0.2) is 24.3 Å². The zero-order valence-corrected chi connectivity index (χ0v) is 35.7.